The van der Waals surface area contributed by atoms with Crippen molar-refractivity contribution in [3.63, 3.8) is 0 Å². The van der Waals surface area contributed by atoms with E-state index in [1.54, 1.807) is 58.9 Å². The number of rotatable bonds is 24. The van der Waals surface area contributed by atoms with Crippen LogP contribution >= 0.6 is 0 Å². The number of carbonyl (C=O) groups is 8. The molecule has 372 valence electrons. The van der Waals surface area contributed by atoms with Gasteiger partial charge in [-0.05, 0) is 76.1 Å². The van der Waals surface area contributed by atoms with Gasteiger partial charge in [0, 0.05) is 55.8 Å². The standard InChI is InChI=1S/C47H63N11O11/c1-27(2)39(56-35(59)15-7-6-8-16-38(62)69-58-36(60)21-22-37(58)61)44(64)54-33(14-11-23-50-45(49)65)43(63)52-30-19-17-29(18-20-30)25-68-46(66)51-28(3)24-34-55-40-41(57(34)26-47(4,5)67)31-12-9-10-13-32(31)53-42(40)48/h9-10,12-13,17-20,27-28,33,39,67H,6-8,11,14-16,21-26H2,1-5H3,(H2,48,53)(H,51,66)(H,52,63)(H,54,64)(H,56,59)(H3,49,50,65)/t28-,33-,39?/m0/s1. The van der Waals surface area contributed by atoms with Crippen LogP contribution < -0.4 is 38.1 Å². The van der Waals surface area contributed by atoms with Gasteiger partial charge in [0.2, 0.25) is 17.7 Å². The molecule has 1 aliphatic heterocycles. The molecule has 69 heavy (non-hydrogen) atoms. The van der Waals surface area contributed by atoms with Gasteiger partial charge in [-0.25, -0.2) is 24.4 Å². The fourth-order valence-corrected chi connectivity index (χ4v) is 7.61. The van der Waals surface area contributed by atoms with Gasteiger partial charge >= 0.3 is 18.1 Å². The molecule has 22 nitrogen and oxygen atoms in total. The fraction of sp³-hybridized carbons (Fsp3) is 0.489. The molecule has 3 atom stereocenters. The van der Waals surface area contributed by atoms with Gasteiger partial charge in [0.1, 0.15) is 30.0 Å². The maximum absolute atomic E-state index is 13.6. The molecule has 10 N–H and O–H groups in total. The molecule has 2 aromatic carbocycles. The Morgan fingerprint density at radius 3 is 2.20 bits per heavy atom. The Morgan fingerprint density at radius 2 is 1.54 bits per heavy atom. The number of urea groups is 1. The Hall–Kier alpha value is -7.36. The van der Waals surface area contributed by atoms with Gasteiger partial charge in [0.05, 0.1) is 23.2 Å². The molecule has 1 fully saturated rings. The highest BCUT2D eigenvalue weighted by Gasteiger charge is 2.33. The van der Waals surface area contributed by atoms with E-state index in [0.29, 0.717) is 52.4 Å². The van der Waals surface area contributed by atoms with E-state index < -0.39 is 71.4 Å². The second-order valence-electron chi connectivity index (χ2n) is 18.0. The number of nitrogens with one attached hydrogen (secondary N) is 5. The molecule has 4 aromatic rings. The molecule has 5 rings (SSSR count). The number of nitrogen functional groups attached to an aromatic ring is 1. The van der Waals surface area contributed by atoms with E-state index >= 15 is 0 Å². The molecule has 3 heterocycles. The van der Waals surface area contributed by atoms with Crippen LogP contribution in [0.4, 0.5) is 21.1 Å². The molecule has 0 radical (unpaired) electrons. The molecule has 0 aliphatic carbocycles. The molecule has 1 saturated heterocycles. The number of pyridine rings is 1. The monoisotopic (exact) mass is 957 g/mol. The number of imide groups is 1. The number of hydrogen-bond donors (Lipinski definition) is 8. The number of unbranched alkanes of at least 4 members (excludes halogenated alkanes) is 2. The Labute approximate surface area is 398 Å². The van der Waals surface area contributed by atoms with Gasteiger partial charge in [0.25, 0.3) is 11.8 Å². The first-order valence-corrected chi connectivity index (χ1v) is 23.0. The van der Waals surface area contributed by atoms with E-state index in [-0.39, 0.29) is 76.4 Å². The van der Waals surface area contributed by atoms with Crippen molar-refractivity contribution in [3.05, 3.63) is 59.9 Å². The lowest BCUT2D eigenvalue weighted by Crippen LogP contribution is -2.54. The molecular weight excluding hydrogens is 895 g/mol. The van der Waals surface area contributed by atoms with Gasteiger partial charge in [-0.1, -0.05) is 50.6 Å². The summed E-state index contributed by atoms with van der Waals surface area (Å²) in [6, 6.07) is 10.8. The van der Waals surface area contributed by atoms with Gasteiger partial charge in [-0.15, -0.1) is 5.06 Å². The summed E-state index contributed by atoms with van der Waals surface area (Å²) < 4.78 is 7.41. The molecule has 1 aliphatic rings. The number of nitrogens with two attached hydrogens (primary N) is 2. The average Bonchev–Trinajstić information content (AvgIpc) is 3.79. The second kappa shape index (κ2) is 24.1. The number of hydrogen-bond acceptors (Lipinski definition) is 14. The third-order valence-corrected chi connectivity index (χ3v) is 11.0. The van der Waals surface area contributed by atoms with E-state index in [0.717, 1.165) is 10.9 Å². The summed E-state index contributed by atoms with van der Waals surface area (Å²) in [4.78, 5) is 114. The van der Waals surface area contributed by atoms with E-state index in [4.69, 9.17) is 26.0 Å². The highest BCUT2D eigenvalue weighted by molar-refractivity contribution is 6.06. The van der Waals surface area contributed by atoms with E-state index in [1.165, 1.54) is 0 Å². The molecule has 2 aromatic heterocycles. The third-order valence-electron chi connectivity index (χ3n) is 11.0. The number of ether oxygens (including phenoxy) is 1. The SMILES string of the molecule is CC(C)C(NC(=O)CCCCCC(=O)ON1C(=O)CCC1=O)C(=O)N[C@@H](CCCNC(N)=O)C(=O)Nc1ccc(COC(=O)N[C@@H](C)Cc2nc3c(N)nc4ccccc4c3n2CC(C)(C)O)cc1. The molecule has 22 heteroatoms. The minimum Gasteiger partial charge on any atom is -0.445 e. The van der Waals surface area contributed by atoms with Crippen molar-refractivity contribution in [1.82, 2.24) is 40.9 Å². The smallest absolute Gasteiger partial charge is 0.407 e. The van der Waals surface area contributed by atoms with E-state index in [9.17, 15) is 43.5 Å². The van der Waals surface area contributed by atoms with Crippen LogP contribution in [0.2, 0.25) is 0 Å². The maximum atomic E-state index is 13.6. The normalized spacial score (nSPS) is 14.0. The summed E-state index contributed by atoms with van der Waals surface area (Å²) in [5, 5.41) is 25.7. The topological polar surface area (TPSA) is 321 Å². The second-order valence-corrected chi connectivity index (χ2v) is 18.0. The molecular formula is C47H63N11O11. The zero-order valence-corrected chi connectivity index (χ0v) is 39.6. The maximum Gasteiger partial charge on any atom is 0.407 e. The molecule has 1 unspecified atom stereocenters. The minimum atomic E-state index is -1.09. The van der Waals surface area contributed by atoms with Gasteiger partial charge in [-0.2, -0.15) is 0 Å². The Balaban J connectivity index is 1.11. The zero-order valence-electron chi connectivity index (χ0n) is 39.6. The summed E-state index contributed by atoms with van der Waals surface area (Å²) >= 11 is 0. The number of aliphatic hydroxyl groups is 1. The summed E-state index contributed by atoms with van der Waals surface area (Å²) in [6.07, 6.45) is 1.16. The number of carbonyl (C=O) groups excluding carboxylic acids is 8. The summed E-state index contributed by atoms with van der Waals surface area (Å²) in [6.45, 7) is 8.94. The van der Waals surface area contributed by atoms with Crippen molar-refractivity contribution in [2.45, 2.75) is 136 Å². The number of primary amides is 1. The Kier molecular flexibility index (Phi) is 18.4. The van der Waals surface area contributed by atoms with Crippen molar-refractivity contribution < 1.29 is 53.0 Å². The molecule has 8 amide bonds. The highest BCUT2D eigenvalue weighted by atomic mass is 16.7. The number of alkyl carbamates (subject to hydrolysis) is 1. The van der Waals surface area contributed by atoms with Crippen LogP contribution in [0.25, 0.3) is 21.9 Å². The van der Waals surface area contributed by atoms with Crippen LogP contribution in [0.15, 0.2) is 48.5 Å². The number of benzene rings is 2. The predicted octanol–water partition coefficient (Wildman–Crippen LogP) is 3.37. The third kappa shape index (κ3) is 15.6. The first-order chi connectivity index (χ1) is 32.7. The Bertz CT molecular complexity index is 2500. The number of aromatic nitrogens is 3. The first kappa shape index (κ1) is 52.6. The number of imidazole rings is 1. The van der Waals surface area contributed by atoms with Gasteiger partial charge in [-0.3, -0.25) is 24.0 Å². The van der Waals surface area contributed by atoms with Crippen molar-refractivity contribution in [3.8, 4) is 0 Å². The van der Waals surface area contributed by atoms with Crippen molar-refractivity contribution in [1.29, 1.82) is 0 Å². The number of para-hydroxylation sites is 1. The lowest BCUT2D eigenvalue weighted by atomic mass is 10.0. The lowest BCUT2D eigenvalue weighted by molar-refractivity contribution is -0.197. The minimum absolute atomic E-state index is 0.00610. The van der Waals surface area contributed by atoms with E-state index in [1.807, 2.05) is 28.8 Å². The zero-order chi connectivity index (χ0) is 50.4. The number of nitrogens with zero attached hydrogens (tertiary/aromatic N) is 4. The van der Waals surface area contributed by atoms with E-state index in [2.05, 4.69) is 31.6 Å². The predicted molar refractivity (Wildman–Crippen MR) is 253 cm³/mol. The van der Waals surface area contributed by atoms with Gasteiger partial charge < -0.3 is 57.3 Å². The summed E-state index contributed by atoms with van der Waals surface area (Å²) in [7, 11) is 0. The van der Waals surface area contributed by atoms with Crippen LogP contribution in [0.1, 0.15) is 104 Å². The van der Waals surface area contributed by atoms with Crippen molar-refractivity contribution >= 4 is 81.1 Å². The number of amides is 8. The lowest BCUT2D eigenvalue weighted by Gasteiger charge is -2.25. The van der Waals surface area contributed by atoms with Crippen molar-refractivity contribution in [2.75, 3.05) is 17.6 Å². The van der Waals surface area contributed by atoms with Crippen LogP contribution in [0.3, 0.4) is 0 Å². The molecule has 0 bridgehead atoms. The van der Waals surface area contributed by atoms with Crippen LogP contribution in [0, 0.1) is 5.92 Å². The van der Waals surface area contributed by atoms with Crippen molar-refractivity contribution in [2.24, 2.45) is 11.7 Å². The number of anilines is 2. The highest BCUT2D eigenvalue weighted by Crippen LogP contribution is 2.30. The van der Waals surface area contributed by atoms with Gasteiger partial charge in [0.15, 0.2) is 5.82 Å². The van der Waals surface area contributed by atoms with Crippen LogP contribution in [0.5, 0.6) is 0 Å². The molecule has 0 spiro atoms. The molecule has 0 saturated carbocycles. The first-order valence-electron chi connectivity index (χ1n) is 23.0. The fourth-order valence-electron chi connectivity index (χ4n) is 7.61. The number of hydroxylamine groups is 2. The summed E-state index contributed by atoms with van der Waals surface area (Å²) in [5.74, 6) is -2.96. The van der Waals surface area contributed by atoms with Crippen LogP contribution in [-0.2, 0) is 57.9 Å². The summed E-state index contributed by atoms with van der Waals surface area (Å²) in [5.41, 5.74) is 13.4. The average molecular weight is 958 g/mol. The Morgan fingerprint density at radius 1 is 0.855 bits per heavy atom. The van der Waals surface area contributed by atoms with Crippen LogP contribution in [-0.4, -0.2) is 103 Å². The largest absolute Gasteiger partial charge is 0.445 e. The number of fused-ring (bicyclic) bond motifs is 3. The quantitative estimate of drug-likeness (QED) is 0.0369.